The van der Waals surface area contributed by atoms with Crippen molar-refractivity contribution in [1.82, 2.24) is 0 Å². The minimum atomic E-state index is -0.431. The summed E-state index contributed by atoms with van der Waals surface area (Å²) in [5.41, 5.74) is 0. The SMILES string of the molecule is C[C]C[N+](=O)[O-]. The van der Waals surface area contributed by atoms with Crippen molar-refractivity contribution < 1.29 is 4.92 Å². The Bertz CT molecular complexity index is 52.8. The van der Waals surface area contributed by atoms with E-state index in [1.807, 2.05) is 0 Å². The van der Waals surface area contributed by atoms with E-state index in [0.29, 0.717) is 0 Å². The van der Waals surface area contributed by atoms with E-state index < -0.39 is 4.92 Å². The zero-order valence-corrected chi connectivity index (χ0v) is 3.47. The standard InChI is InChI=1S/C3H5NO2/c1-2-3-4(5)6/h3H2,1H3. The smallest absolute Gasteiger partial charge is 0.210 e. The molecule has 0 aliphatic rings. The molecule has 0 bridgehead atoms. The predicted molar refractivity (Wildman–Crippen MR) is 20.8 cm³/mol. The first kappa shape index (κ1) is 5.40. The van der Waals surface area contributed by atoms with Gasteiger partial charge in [0.05, 0.1) is 6.42 Å². The summed E-state index contributed by atoms with van der Waals surface area (Å²) >= 11 is 0. The maximum absolute atomic E-state index is 9.34. The molecule has 0 spiro atoms. The number of nitrogens with zero attached hydrogens (tertiary/aromatic N) is 1. The fraction of sp³-hybridized carbons (Fsp3) is 0.667. The molecule has 0 amide bonds. The van der Waals surface area contributed by atoms with Gasteiger partial charge in [-0.2, -0.15) is 0 Å². The molecule has 0 aromatic heterocycles. The molecule has 34 valence electrons. The van der Waals surface area contributed by atoms with Crippen molar-refractivity contribution in [2.75, 3.05) is 6.54 Å². The third-order valence-electron chi connectivity index (χ3n) is 0.287. The summed E-state index contributed by atoms with van der Waals surface area (Å²) in [5.74, 6) is 0. The van der Waals surface area contributed by atoms with Gasteiger partial charge in [-0.05, 0) is 0 Å². The lowest BCUT2D eigenvalue weighted by Gasteiger charge is -1.79. The quantitative estimate of drug-likeness (QED) is 0.360. The van der Waals surface area contributed by atoms with Crippen molar-refractivity contribution in [3.05, 3.63) is 16.5 Å². The van der Waals surface area contributed by atoms with Crippen molar-refractivity contribution in [1.29, 1.82) is 0 Å². The molecule has 0 fully saturated rings. The second-order valence-electron chi connectivity index (χ2n) is 0.844. The molecule has 0 atom stereocenters. The number of hydrogen-bond acceptors (Lipinski definition) is 2. The molecule has 0 aliphatic heterocycles. The van der Waals surface area contributed by atoms with Crippen LogP contribution < -0.4 is 0 Å². The minimum Gasteiger partial charge on any atom is -0.265 e. The molecule has 0 heterocycles. The van der Waals surface area contributed by atoms with Gasteiger partial charge in [-0.1, -0.05) is 6.92 Å². The zero-order chi connectivity index (χ0) is 4.99. The lowest BCUT2D eigenvalue weighted by Crippen LogP contribution is -1.97. The summed E-state index contributed by atoms with van der Waals surface area (Å²) in [6.45, 7) is 1.38. The van der Waals surface area contributed by atoms with E-state index in [9.17, 15) is 10.1 Å². The van der Waals surface area contributed by atoms with E-state index in [4.69, 9.17) is 0 Å². The first-order valence-electron chi connectivity index (χ1n) is 1.53. The summed E-state index contributed by atoms with van der Waals surface area (Å²) in [6.07, 6.45) is 2.37. The van der Waals surface area contributed by atoms with E-state index in [1.54, 1.807) is 0 Å². The van der Waals surface area contributed by atoms with E-state index in [0.717, 1.165) is 0 Å². The Labute approximate surface area is 36.1 Å². The molecular weight excluding hydrogens is 82.0 g/mol. The van der Waals surface area contributed by atoms with Crippen LogP contribution in [0.25, 0.3) is 0 Å². The van der Waals surface area contributed by atoms with Crippen LogP contribution in [0.4, 0.5) is 0 Å². The maximum Gasteiger partial charge on any atom is 0.210 e. The Hall–Kier alpha value is -0.600. The molecule has 2 radical (unpaired) electrons. The largest absolute Gasteiger partial charge is 0.265 e. The zero-order valence-electron chi connectivity index (χ0n) is 3.47. The van der Waals surface area contributed by atoms with Gasteiger partial charge in [0.2, 0.25) is 6.54 Å². The molecule has 0 saturated heterocycles. The Balaban J connectivity index is 2.83. The summed E-state index contributed by atoms with van der Waals surface area (Å²) in [4.78, 5) is 8.91. The summed E-state index contributed by atoms with van der Waals surface area (Å²) in [7, 11) is 0. The molecule has 0 unspecified atom stereocenters. The van der Waals surface area contributed by atoms with Gasteiger partial charge in [0, 0.05) is 4.92 Å². The van der Waals surface area contributed by atoms with Crippen LogP contribution in [-0.2, 0) is 0 Å². The molecule has 6 heavy (non-hydrogen) atoms. The average molecular weight is 87.1 g/mol. The topological polar surface area (TPSA) is 43.1 Å². The third kappa shape index (κ3) is 3.40. The van der Waals surface area contributed by atoms with Crippen molar-refractivity contribution in [3.8, 4) is 0 Å². The van der Waals surface area contributed by atoms with E-state index in [2.05, 4.69) is 6.42 Å². The molecule has 0 rings (SSSR count). The molecule has 0 aliphatic carbocycles. The summed E-state index contributed by atoms with van der Waals surface area (Å²) in [6, 6.07) is 0. The van der Waals surface area contributed by atoms with Gasteiger partial charge in [0.15, 0.2) is 0 Å². The van der Waals surface area contributed by atoms with Crippen LogP contribution in [-0.4, -0.2) is 11.5 Å². The van der Waals surface area contributed by atoms with Gasteiger partial charge < -0.3 is 0 Å². The van der Waals surface area contributed by atoms with Gasteiger partial charge in [-0.25, -0.2) is 0 Å². The van der Waals surface area contributed by atoms with E-state index in [1.165, 1.54) is 6.92 Å². The summed E-state index contributed by atoms with van der Waals surface area (Å²) < 4.78 is 0. The number of hydrogen-bond donors (Lipinski definition) is 0. The highest BCUT2D eigenvalue weighted by atomic mass is 16.6. The molecule has 3 nitrogen and oxygen atoms in total. The van der Waals surface area contributed by atoms with E-state index in [-0.39, 0.29) is 6.54 Å². The van der Waals surface area contributed by atoms with Gasteiger partial charge in [0.25, 0.3) is 0 Å². The molecule has 0 saturated carbocycles. The van der Waals surface area contributed by atoms with Gasteiger partial charge in [-0.15, -0.1) is 0 Å². The maximum atomic E-state index is 9.34. The van der Waals surface area contributed by atoms with Crippen LogP contribution in [0, 0.1) is 16.5 Å². The molecule has 0 aromatic carbocycles. The van der Waals surface area contributed by atoms with Gasteiger partial charge >= 0.3 is 0 Å². The van der Waals surface area contributed by atoms with Crippen LogP contribution in [0.2, 0.25) is 0 Å². The minimum absolute atomic E-state index is 0.153. The van der Waals surface area contributed by atoms with E-state index >= 15 is 0 Å². The summed E-state index contributed by atoms with van der Waals surface area (Å²) in [5, 5.41) is 9.34. The van der Waals surface area contributed by atoms with Crippen molar-refractivity contribution >= 4 is 0 Å². The van der Waals surface area contributed by atoms with Crippen LogP contribution in [0.15, 0.2) is 0 Å². The fourth-order valence-electron chi connectivity index (χ4n) is 0.129. The predicted octanol–water partition coefficient (Wildman–Crippen LogP) is 0.364. The Morgan fingerprint density at radius 2 is 2.50 bits per heavy atom. The second kappa shape index (κ2) is 2.63. The molecule has 0 aromatic rings. The highest BCUT2D eigenvalue weighted by molar-refractivity contribution is 4.48. The van der Waals surface area contributed by atoms with Gasteiger partial charge in [0.1, 0.15) is 0 Å². The highest BCUT2D eigenvalue weighted by Crippen LogP contribution is 1.70. The Kier molecular flexibility index (Phi) is 2.36. The second-order valence-corrected chi connectivity index (χ2v) is 0.844. The Morgan fingerprint density at radius 1 is 2.00 bits per heavy atom. The molecule has 0 N–H and O–H groups in total. The highest BCUT2D eigenvalue weighted by Gasteiger charge is 1.87. The van der Waals surface area contributed by atoms with Crippen molar-refractivity contribution in [3.63, 3.8) is 0 Å². The average Bonchev–Trinajstić information content (AvgIpc) is 1.35. The van der Waals surface area contributed by atoms with Crippen LogP contribution in [0.1, 0.15) is 6.92 Å². The van der Waals surface area contributed by atoms with Crippen LogP contribution in [0.5, 0.6) is 0 Å². The first-order chi connectivity index (χ1) is 2.77. The lowest BCUT2D eigenvalue weighted by atomic mass is 10.5. The van der Waals surface area contributed by atoms with Crippen molar-refractivity contribution in [2.24, 2.45) is 0 Å². The lowest BCUT2D eigenvalue weighted by molar-refractivity contribution is -0.471. The third-order valence-corrected chi connectivity index (χ3v) is 0.287. The van der Waals surface area contributed by atoms with Crippen molar-refractivity contribution in [2.45, 2.75) is 6.92 Å². The first-order valence-corrected chi connectivity index (χ1v) is 1.53. The number of nitro groups is 1. The monoisotopic (exact) mass is 87.0 g/mol. The normalized spacial score (nSPS) is 8.17. The fourth-order valence-corrected chi connectivity index (χ4v) is 0.129. The van der Waals surface area contributed by atoms with Gasteiger partial charge in [-0.3, -0.25) is 10.1 Å². The number of rotatable bonds is 2. The molecule has 3 heteroatoms. The van der Waals surface area contributed by atoms with Crippen LogP contribution >= 0.6 is 0 Å². The van der Waals surface area contributed by atoms with Crippen LogP contribution in [0.3, 0.4) is 0 Å². The Morgan fingerprint density at radius 3 is 2.50 bits per heavy atom. The molecular formula is C3H5NO2.